The van der Waals surface area contributed by atoms with E-state index in [0.29, 0.717) is 16.6 Å². The Hall–Kier alpha value is -0.590. The Balaban J connectivity index is 2.03. The zero-order valence-electron chi connectivity index (χ0n) is 12.1. The van der Waals surface area contributed by atoms with Gasteiger partial charge in [-0.3, -0.25) is 4.79 Å². The summed E-state index contributed by atoms with van der Waals surface area (Å²) in [7, 11) is 0. The van der Waals surface area contributed by atoms with Gasteiger partial charge in [0.25, 0.3) is 0 Å². The minimum absolute atomic E-state index is 0.320. The lowest BCUT2D eigenvalue weighted by molar-refractivity contribution is -0.116. The second-order valence-corrected chi connectivity index (χ2v) is 7.69. The summed E-state index contributed by atoms with van der Waals surface area (Å²) in [5, 5.41) is 0. The molecular weight excluding hydrogens is 220 g/mol. The van der Waals surface area contributed by atoms with Gasteiger partial charge in [0.15, 0.2) is 5.78 Å². The number of ketones is 1. The van der Waals surface area contributed by atoms with Gasteiger partial charge in [-0.15, -0.1) is 0 Å². The summed E-state index contributed by atoms with van der Waals surface area (Å²) in [4.78, 5) is 11.8. The molecule has 0 aromatic heterocycles. The standard InChI is InChI=1S/C17H26O/c1-16(2)9-4-10-17(3)14-11-13(18)7-5-12(14)6-8-15(16)17/h11-12,15H,4-10H2,1-3H3/t12-,15-,17+/m0/s1. The van der Waals surface area contributed by atoms with E-state index in [0.717, 1.165) is 24.7 Å². The fourth-order valence-corrected chi connectivity index (χ4v) is 5.31. The average molecular weight is 246 g/mol. The van der Waals surface area contributed by atoms with Crippen LogP contribution in [-0.2, 0) is 4.79 Å². The molecule has 0 heterocycles. The van der Waals surface area contributed by atoms with Crippen LogP contribution in [0.5, 0.6) is 0 Å². The maximum atomic E-state index is 11.8. The fourth-order valence-electron chi connectivity index (χ4n) is 5.31. The number of allylic oxidation sites excluding steroid dienone is 2. The lowest BCUT2D eigenvalue weighted by atomic mass is 9.47. The van der Waals surface area contributed by atoms with Crippen molar-refractivity contribution in [3.8, 4) is 0 Å². The second kappa shape index (κ2) is 3.95. The summed E-state index contributed by atoms with van der Waals surface area (Å²) < 4.78 is 0. The highest BCUT2D eigenvalue weighted by molar-refractivity contribution is 5.91. The predicted octanol–water partition coefficient (Wildman–Crippen LogP) is 4.52. The van der Waals surface area contributed by atoms with Crippen LogP contribution in [0.15, 0.2) is 11.6 Å². The highest BCUT2D eigenvalue weighted by atomic mass is 16.1. The van der Waals surface area contributed by atoms with Crippen LogP contribution in [0.1, 0.15) is 65.7 Å². The first kappa shape index (κ1) is 12.4. The van der Waals surface area contributed by atoms with Crippen LogP contribution in [0.4, 0.5) is 0 Å². The molecule has 0 amide bonds. The monoisotopic (exact) mass is 246 g/mol. The van der Waals surface area contributed by atoms with E-state index in [1.54, 1.807) is 0 Å². The van der Waals surface area contributed by atoms with E-state index in [1.165, 1.54) is 37.7 Å². The van der Waals surface area contributed by atoms with E-state index in [-0.39, 0.29) is 0 Å². The Kier molecular flexibility index (Phi) is 2.73. The van der Waals surface area contributed by atoms with E-state index in [1.807, 2.05) is 6.08 Å². The van der Waals surface area contributed by atoms with Crippen molar-refractivity contribution >= 4 is 5.78 Å². The molecule has 0 bridgehead atoms. The van der Waals surface area contributed by atoms with Gasteiger partial charge in [-0.25, -0.2) is 0 Å². The third-order valence-corrected chi connectivity index (χ3v) is 6.19. The first-order valence-electron chi connectivity index (χ1n) is 7.68. The molecule has 1 nitrogen and oxygen atoms in total. The van der Waals surface area contributed by atoms with Crippen molar-refractivity contribution < 1.29 is 4.79 Å². The molecule has 3 aliphatic carbocycles. The third kappa shape index (κ3) is 1.70. The minimum Gasteiger partial charge on any atom is -0.295 e. The summed E-state index contributed by atoms with van der Waals surface area (Å²) in [5.74, 6) is 1.89. The number of carbonyl (C=O) groups is 1. The largest absolute Gasteiger partial charge is 0.295 e. The Morgan fingerprint density at radius 3 is 2.67 bits per heavy atom. The van der Waals surface area contributed by atoms with Crippen molar-refractivity contribution in [2.75, 3.05) is 0 Å². The Morgan fingerprint density at radius 1 is 1.11 bits per heavy atom. The molecule has 0 radical (unpaired) electrons. The van der Waals surface area contributed by atoms with Crippen molar-refractivity contribution in [2.45, 2.75) is 65.7 Å². The van der Waals surface area contributed by atoms with Gasteiger partial charge < -0.3 is 0 Å². The second-order valence-electron chi connectivity index (χ2n) is 7.69. The predicted molar refractivity (Wildman–Crippen MR) is 74.3 cm³/mol. The van der Waals surface area contributed by atoms with Crippen LogP contribution in [0.25, 0.3) is 0 Å². The topological polar surface area (TPSA) is 17.1 Å². The van der Waals surface area contributed by atoms with E-state index >= 15 is 0 Å². The van der Waals surface area contributed by atoms with E-state index in [4.69, 9.17) is 0 Å². The molecule has 2 fully saturated rings. The molecule has 0 N–H and O–H groups in total. The highest BCUT2D eigenvalue weighted by Crippen LogP contribution is 2.61. The first-order chi connectivity index (χ1) is 8.43. The van der Waals surface area contributed by atoms with Crippen LogP contribution in [0.2, 0.25) is 0 Å². The summed E-state index contributed by atoms with van der Waals surface area (Å²) in [6.07, 6.45) is 10.6. The molecule has 3 rings (SSSR count). The quantitative estimate of drug-likeness (QED) is 0.614. The molecule has 2 saturated carbocycles. The molecule has 0 aromatic carbocycles. The van der Waals surface area contributed by atoms with Gasteiger partial charge in [-0.1, -0.05) is 32.8 Å². The van der Waals surface area contributed by atoms with Crippen LogP contribution in [0.3, 0.4) is 0 Å². The van der Waals surface area contributed by atoms with Gasteiger partial charge in [-0.2, -0.15) is 0 Å². The Morgan fingerprint density at radius 2 is 1.89 bits per heavy atom. The van der Waals surface area contributed by atoms with E-state index in [9.17, 15) is 4.79 Å². The Bertz CT molecular complexity index is 404. The molecule has 0 spiro atoms. The summed E-state index contributed by atoms with van der Waals surface area (Å²) >= 11 is 0. The van der Waals surface area contributed by atoms with Crippen LogP contribution in [-0.4, -0.2) is 5.78 Å². The minimum atomic E-state index is 0.320. The van der Waals surface area contributed by atoms with Gasteiger partial charge in [0, 0.05) is 6.42 Å². The SMILES string of the molecule is CC1(C)CCC[C@]2(C)C3=CC(=O)CC[C@H]3CC[C@@H]12. The molecule has 100 valence electrons. The smallest absolute Gasteiger partial charge is 0.155 e. The summed E-state index contributed by atoms with van der Waals surface area (Å²) in [6, 6.07) is 0. The van der Waals surface area contributed by atoms with Gasteiger partial charge in [0.05, 0.1) is 0 Å². The van der Waals surface area contributed by atoms with E-state index < -0.39 is 0 Å². The lowest BCUT2D eigenvalue weighted by Crippen LogP contribution is -2.48. The highest BCUT2D eigenvalue weighted by Gasteiger charge is 2.52. The van der Waals surface area contributed by atoms with Crippen molar-refractivity contribution in [3.63, 3.8) is 0 Å². The zero-order chi connectivity index (χ0) is 13.0. The molecule has 3 atom stereocenters. The zero-order valence-corrected chi connectivity index (χ0v) is 12.1. The molecule has 0 unspecified atom stereocenters. The molecule has 18 heavy (non-hydrogen) atoms. The molecule has 0 aliphatic heterocycles. The van der Waals surface area contributed by atoms with Crippen LogP contribution >= 0.6 is 0 Å². The van der Waals surface area contributed by atoms with Crippen LogP contribution in [0, 0.1) is 22.7 Å². The molecule has 0 saturated heterocycles. The number of hydrogen-bond acceptors (Lipinski definition) is 1. The fraction of sp³-hybridized carbons (Fsp3) is 0.824. The van der Waals surface area contributed by atoms with Crippen molar-refractivity contribution in [2.24, 2.45) is 22.7 Å². The maximum Gasteiger partial charge on any atom is 0.155 e. The van der Waals surface area contributed by atoms with Gasteiger partial charge in [0.2, 0.25) is 0 Å². The third-order valence-electron chi connectivity index (χ3n) is 6.19. The average Bonchev–Trinajstić information content (AvgIpc) is 2.29. The van der Waals surface area contributed by atoms with Gasteiger partial charge >= 0.3 is 0 Å². The lowest BCUT2D eigenvalue weighted by Gasteiger charge is -2.57. The van der Waals surface area contributed by atoms with Crippen molar-refractivity contribution in [3.05, 3.63) is 11.6 Å². The van der Waals surface area contributed by atoms with Crippen molar-refractivity contribution in [1.82, 2.24) is 0 Å². The summed E-state index contributed by atoms with van der Waals surface area (Å²) in [5.41, 5.74) is 2.31. The van der Waals surface area contributed by atoms with Gasteiger partial charge in [-0.05, 0) is 60.8 Å². The maximum absolute atomic E-state index is 11.8. The molecular formula is C17H26O. The van der Waals surface area contributed by atoms with Crippen LogP contribution < -0.4 is 0 Å². The number of carbonyl (C=O) groups excluding carboxylic acids is 1. The number of rotatable bonds is 0. The normalized spacial score (nSPS) is 42.8. The summed E-state index contributed by atoms with van der Waals surface area (Å²) in [6.45, 7) is 7.34. The first-order valence-corrected chi connectivity index (χ1v) is 7.68. The van der Waals surface area contributed by atoms with Gasteiger partial charge in [0.1, 0.15) is 0 Å². The molecule has 0 aromatic rings. The Labute approximate surface area is 111 Å². The number of hydrogen-bond donors (Lipinski definition) is 0. The molecule has 1 heteroatoms. The van der Waals surface area contributed by atoms with Crippen molar-refractivity contribution in [1.29, 1.82) is 0 Å². The van der Waals surface area contributed by atoms with E-state index in [2.05, 4.69) is 20.8 Å². The molecule has 3 aliphatic rings. The number of fused-ring (bicyclic) bond motifs is 3.